The third-order valence-electron chi connectivity index (χ3n) is 2.83. The fourth-order valence-corrected chi connectivity index (χ4v) is 2.87. The van der Waals surface area contributed by atoms with E-state index < -0.39 is 22.8 Å². The summed E-state index contributed by atoms with van der Waals surface area (Å²) < 4.78 is 47.5. The van der Waals surface area contributed by atoms with Crippen LogP contribution in [0.4, 0.5) is 8.78 Å². The Bertz CT molecular complexity index is 631. The Hall–Kier alpha value is -1.70. The molecule has 22 heavy (non-hydrogen) atoms. The number of halogens is 2. The molecule has 0 amide bonds. The van der Waals surface area contributed by atoms with E-state index in [1.54, 1.807) is 19.1 Å². The highest BCUT2D eigenvalue weighted by Crippen LogP contribution is 2.17. The van der Waals surface area contributed by atoms with E-state index in [1.807, 2.05) is 6.92 Å². The molecule has 0 heterocycles. The van der Waals surface area contributed by atoms with E-state index in [9.17, 15) is 17.2 Å². The van der Waals surface area contributed by atoms with Crippen molar-refractivity contribution in [3.63, 3.8) is 0 Å². The third-order valence-corrected chi connectivity index (χ3v) is 4.08. The minimum Gasteiger partial charge on any atom is -0.357 e. The molecule has 2 N–H and O–H groups in total. The molecule has 124 valence electrons. The van der Waals surface area contributed by atoms with Crippen LogP contribution in [0.25, 0.3) is 0 Å². The predicted octanol–water partition coefficient (Wildman–Crippen LogP) is 1.72. The van der Waals surface area contributed by atoms with Crippen LogP contribution in [0.5, 0.6) is 0 Å². The highest BCUT2D eigenvalue weighted by Gasteiger charge is 2.11. The molecular formula is C14H21F2N3O2S. The Morgan fingerprint density at radius 1 is 1.32 bits per heavy atom. The largest absolute Gasteiger partial charge is 0.357 e. The van der Waals surface area contributed by atoms with Crippen molar-refractivity contribution in [1.29, 1.82) is 0 Å². The molecule has 0 saturated heterocycles. The van der Waals surface area contributed by atoms with Crippen molar-refractivity contribution in [3.8, 4) is 0 Å². The maximum Gasteiger partial charge on any atom is 0.255 e. The zero-order chi connectivity index (χ0) is 16.8. The molecule has 8 heteroatoms. The van der Waals surface area contributed by atoms with Gasteiger partial charge in [-0.3, -0.25) is 0 Å². The van der Waals surface area contributed by atoms with Gasteiger partial charge in [-0.25, -0.2) is 22.2 Å². The van der Waals surface area contributed by atoms with E-state index in [4.69, 9.17) is 0 Å². The van der Waals surface area contributed by atoms with Crippen LogP contribution in [0, 0.1) is 6.92 Å². The van der Waals surface area contributed by atoms with Crippen LogP contribution in [0.2, 0.25) is 0 Å². The van der Waals surface area contributed by atoms with Crippen molar-refractivity contribution < 1.29 is 17.2 Å². The Morgan fingerprint density at radius 2 is 2.00 bits per heavy atom. The van der Waals surface area contributed by atoms with Crippen LogP contribution in [0.15, 0.2) is 28.1 Å². The molecule has 0 fully saturated rings. The van der Waals surface area contributed by atoms with Crippen LogP contribution in [0.1, 0.15) is 18.1 Å². The van der Waals surface area contributed by atoms with Crippen molar-refractivity contribution in [2.45, 2.75) is 31.7 Å². The molecule has 1 rings (SSSR count). The van der Waals surface area contributed by atoms with E-state index >= 15 is 0 Å². The third kappa shape index (κ3) is 5.97. The number of alkyl halides is 2. The topological polar surface area (TPSA) is 70.6 Å². The highest BCUT2D eigenvalue weighted by atomic mass is 32.2. The molecule has 0 saturated carbocycles. The Kier molecular flexibility index (Phi) is 6.73. The van der Waals surface area contributed by atoms with Crippen LogP contribution in [-0.4, -0.2) is 40.1 Å². The maximum atomic E-state index is 12.2. The zero-order valence-electron chi connectivity index (χ0n) is 12.9. The number of aliphatic imine (C=N–C) groups is 1. The van der Waals surface area contributed by atoms with Crippen molar-refractivity contribution >= 4 is 15.8 Å². The lowest BCUT2D eigenvalue weighted by molar-refractivity contribution is 0.152. The summed E-state index contributed by atoms with van der Waals surface area (Å²) in [5.74, 6) is 0.299. The van der Waals surface area contributed by atoms with Crippen LogP contribution in [0.3, 0.4) is 0 Å². The zero-order valence-corrected chi connectivity index (χ0v) is 13.7. The maximum absolute atomic E-state index is 12.2. The minimum atomic E-state index is -3.25. The molecule has 0 bridgehead atoms. The SMILES string of the molecule is CCNC(=NCc1ccc(S(C)(=O)=O)c(C)c1)NCC(F)F. The van der Waals surface area contributed by atoms with Gasteiger partial charge in [0.1, 0.15) is 0 Å². The molecule has 0 spiro atoms. The van der Waals surface area contributed by atoms with Gasteiger partial charge in [0.25, 0.3) is 6.43 Å². The Labute approximate surface area is 129 Å². The molecule has 0 aliphatic rings. The summed E-state index contributed by atoms with van der Waals surface area (Å²) in [6.45, 7) is 3.90. The molecule has 1 aromatic rings. The first-order chi connectivity index (χ1) is 10.2. The molecule has 0 aromatic heterocycles. The van der Waals surface area contributed by atoms with Gasteiger partial charge in [0.2, 0.25) is 0 Å². The van der Waals surface area contributed by atoms with E-state index in [2.05, 4.69) is 15.6 Å². The smallest absolute Gasteiger partial charge is 0.255 e. The first-order valence-electron chi connectivity index (χ1n) is 6.84. The molecule has 0 aliphatic heterocycles. The van der Waals surface area contributed by atoms with Crippen molar-refractivity contribution in [2.24, 2.45) is 4.99 Å². The average molecular weight is 333 g/mol. The second kappa shape index (κ2) is 8.07. The normalized spacial score (nSPS) is 12.5. The predicted molar refractivity (Wildman–Crippen MR) is 83.1 cm³/mol. The second-order valence-corrected chi connectivity index (χ2v) is 6.82. The summed E-state index contributed by atoms with van der Waals surface area (Å²) in [5, 5.41) is 5.40. The number of hydrogen-bond acceptors (Lipinski definition) is 3. The van der Waals surface area contributed by atoms with E-state index in [0.29, 0.717) is 18.1 Å². The van der Waals surface area contributed by atoms with Crippen molar-refractivity contribution in [3.05, 3.63) is 29.3 Å². The monoisotopic (exact) mass is 333 g/mol. The van der Waals surface area contributed by atoms with Crippen molar-refractivity contribution in [2.75, 3.05) is 19.3 Å². The van der Waals surface area contributed by atoms with Gasteiger partial charge in [-0.1, -0.05) is 12.1 Å². The van der Waals surface area contributed by atoms with Gasteiger partial charge in [0.15, 0.2) is 15.8 Å². The Morgan fingerprint density at radius 3 is 2.50 bits per heavy atom. The van der Waals surface area contributed by atoms with Crippen LogP contribution >= 0.6 is 0 Å². The molecule has 1 aromatic carbocycles. The Balaban J connectivity index is 2.84. The number of aryl methyl sites for hydroxylation is 1. The van der Waals surface area contributed by atoms with E-state index in [0.717, 1.165) is 11.8 Å². The van der Waals surface area contributed by atoms with E-state index in [-0.39, 0.29) is 11.4 Å². The van der Waals surface area contributed by atoms with Gasteiger partial charge in [-0.2, -0.15) is 0 Å². The first-order valence-corrected chi connectivity index (χ1v) is 8.73. The number of nitrogens with one attached hydrogen (secondary N) is 2. The summed E-state index contributed by atoms with van der Waals surface area (Å²) in [5.41, 5.74) is 1.44. The van der Waals surface area contributed by atoms with Gasteiger partial charge in [-0.05, 0) is 31.0 Å². The molecule has 0 atom stereocenters. The highest BCUT2D eigenvalue weighted by molar-refractivity contribution is 7.90. The summed E-state index contributed by atoms with van der Waals surface area (Å²) >= 11 is 0. The van der Waals surface area contributed by atoms with Crippen LogP contribution in [-0.2, 0) is 16.4 Å². The molecule has 0 unspecified atom stereocenters. The minimum absolute atomic E-state index is 0.267. The van der Waals surface area contributed by atoms with Crippen molar-refractivity contribution in [1.82, 2.24) is 10.6 Å². The lowest BCUT2D eigenvalue weighted by Gasteiger charge is -2.11. The van der Waals surface area contributed by atoms with Gasteiger partial charge < -0.3 is 10.6 Å². The number of rotatable bonds is 6. The number of guanidine groups is 1. The summed E-state index contributed by atoms with van der Waals surface area (Å²) in [4.78, 5) is 4.48. The quantitative estimate of drug-likeness (QED) is 0.614. The standard InChI is InChI=1S/C14H21F2N3O2S/c1-4-17-14(19-9-13(15)16)18-8-11-5-6-12(10(2)7-11)22(3,20)21/h5-7,13H,4,8-9H2,1-3H3,(H2,17,18,19). The summed E-state index contributed by atoms with van der Waals surface area (Å²) in [7, 11) is -3.25. The summed E-state index contributed by atoms with van der Waals surface area (Å²) in [6.07, 6.45) is -1.30. The average Bonchev–Trinajstić information content (AvgIpc) is 2.40. The lowest BCUT2D eigenvalue weighted by Crippen LogP contribution is -2.39. The number of sulfone groups is 1. The lowest BCUT2D eigenvalue weighted by atomic mass is 10.1. The van der Waals surface area contributed by atoms with Gasteiger partial charge in [0.05, 0.1) is 18.0 Å². The van der Waals surface area contributed by atoms with E-state index in [1.165, 1.54) is 6.07 Å². The second-order valence-electron chi connectivity index (χ2n) is 4.84. The molecular weight excluding hydrogens is 312 g/mol. The van der Waals surface area contributed by atoms with Crippen LogP contribution < -0.4 is 10.6 Å². The number of nitrogens with zero attached hydrogens (tertiary/aromatic N) is 1. The number of benzene rings is 1. The van der Waals surface area contributed by atoms with Gasteiger partial charge >= 0.3 is 0 Å². The molecule has 0 aliphatic carbocycles. The van der Waals surface area contributed by atoms with Gasteiger partial charge in [0, 0.05) is 12.8 Å². The number of hydrogen-bond donors (Lipinski definition) is 2. The first kappa shape index (κ1) is 18.3. The molecule has 0 radical (unpaired) electrons. The molecule has 5 nitrogen and oxygen atoms in total. The fourth-order valence-electron chi connectivity index (χ4n) is 1.91. The fraction of sp³-hybridized carbons (Fsp3) is 0.500. The van der Waals surface area contributed by atoms with Gasteiger partial charge in [-0.15, -0.1) is 0 Å². The summed E-state index contributed by atoms with van der Waals surface area (Å²) in [6, 6.07) is 4.94.